The molecule has 0 aliphatic carbocycles. The molecule has 23 heavy (non-hydrogen) atoms. The molecule has 1 aromatic heterocycles. The quantitative estimate of drug-likeness (QED) is 0.341. The molecule has 0 radical (unpaired) electrons. The Balaban J connectivity index is 1.97. The molecule has 0 amide bonds. The predicted molar refractivity (Wildman–Crippen MR) is 90.5 cm³/mol. The Morgan fingerprint density at radius 1 is 1.39 bits per heavy atom. The molecule has 2 heterocycles. The van der Waals surface area contributed by atoms with Gasteiger partial charge in [-0.1, -0.05) is 6.07 Å². The van der Waals surface area contributed by atoms with Crippen LogP contribution < -0.4 is 0 Å². The number of thiophene rings is 1. The van der Waals surface area contributed by atoms with Gasteiger partial charge in [-0.3, -0.25) is 10.1 Å². The summed E-state index contributed by atoms with van der Waals surface area (Å²) in [6, 6.07) is 6.45. The van der Waals surface area contributed by atoms with E-state index in [1.165, 1.54) is 17.4 Å². The van der Waals surface area contributed by atoms with Crippen molar-refractivity contribution in [1.29, 1.82) is 0 Å². The molecule has 116 valence electrons. The van der Waals surface area contributed by atoms with Crippen molar-refractivity contribution in [2.75, 3.05) is 0 Å². The molecular weight excluding hydrogens is 384 g/mol. The lowest BCUT2D eigenvalue weighted by molar-refractivity contribution is -0.385. The average Bonchev–Trinajstić information content (AvgIpc) is 3.06. The molecule has 0 saturated carbocycles. The molecule has 1 aliphatic rings. The largest absolute Gasteiger partial charge is 0.402 e. The van der Waals surface area contributed by atoms with Gasteiger partial charge in [-0.2, -0.15) is 0 Å². The number of benzene rings is 1. The van der Waals surface area contributed by atoms with E-state index in [0.29, 0.717) is 11.1 Å². The lowest BCUT2D eigenvalue weighted by atomic mass is 10.1. The Hall–Kier alpha value is -2.32. The molecule has 8 heteroatoms. The van der Waals surface area contributed by atoms with Crippen molar-refractivity contribution >= 4 is 50.9 Å². The van der Waals surface area contributed by atoms with Crippen LogP contribution in [0.4, 0.5) is 5.69 Å². The van der Waals surface area contributed by atoms with E-state index >= 15 is 0 Å². The molecule has 0 saturated heterocycles. The number of esters is 1. The third-order valence-corrected chi connectivity index (χ3v) is 4.78. The van der Waals surface area contributed by atoms with Crippen molar-refractivity contribution in [3.8, 4) is 0 Å². The van der Waals surface area contributed by atoms with Crippen molar-refractivity contribution in [3.63, 3.8) is 0 Å². The van der Waals surface area contributed by atoms with Crippen LogP contribution in [-0.2, 0) is 9.53 Å². The first kappa shape index (κ1) is 15.6. The summed E-state index contributed by atoms with van der Waals surface area (Å²) in [6.07, 6.45) is 1.62. The van der Waals surface area contributed by atoms with Gasteiger partial charge in [-0.05, 0) is 41.1 Å². The molecule has 0 N–H and O–H groups in total. The molecule has 6 nitrogen and oxygen atoms in total. The Bertz CT molecular complexity index is 885. The second kappa shape index (κ2) is 6.05. The number of carbonyl (C=O) groups is 1. The summed E-state index contributed by atoms with van der Waals surface area (Å²) in [5, 5.41) is 12.9. The van der Waals surface area contributed by atoms with Gasteiger partial charge in [0.2, 0.25) is 5.90 Å². The maximum Gasteiger partial charge on any atom is 0.363 e. The number of ether oxygens (including phenoxy) is 1. The fourth-order valence-corrected chi connectivity index (χ4v) is 3.38. The van der Waals surface area contributed by atoms with Crippen molar-refractivity contribution < 1.29 is 14.5 Å². The van der Waals surface area contributed by atoms with Gasteiger partial charge in [0.15, 0.2) is 5.70 Å². The minimum Gasteiger partial charge on any atom is -0.402 e. The van der Waals surface area contributed by atoms with Gasteiger partial charge in [0.25, 0.3) is 5.69 Å². The topological polar surface area (TPSA) is 81.8 Å². The summed E-state index contributed by atoms with van der Waals surface area (Å²) < 4.78 is 6.04. The van der Waals surface area contributed by atoms with E-state index in [9.17, 15) is 14.9 Å². The summed E-state index contributed by atoms with van der Waals surface area (Å²) in [7, 11) is 0. The molecule has 0 atom stereocenters. The smallest absolute Gasteiger partial charge is 0.363 e. The van der Waals surface area contributed by atoms with Gasteiger partial charge in [0.1, 0.15) is 0 Å². The summed E-state index contributed by atoms with van der Waals surface area (Å²) >= 11 is 4.79. The molecule has 1 aliphatic heterocycles. The number of nitro benzene ring substituents is 1. The highest BCUT2D eigenvalue weighted by molar-refractivity contribution is 9.10. The highest BCUT2D eigenvalue weighted by Crippen LogP contribution is 2.26. The Morgan fingerprint density at radius 3 is 2.83 bits per heavy atom. The summed E-state index contributed by atoms with van der Waals surface area (Å²) in [6.45, 7) is 1.64. The zero-order chi connectivity index (χ0) is 16.6. The van der Waals surface area contributed by atoms with Crippen LogP contribution in [0.15, 0.2) is 44.8 Å². The monoisotopic (exact) mass is 392 g/mol. The number of nitro groups is 1. The molecule has 0 fully saturated rings. The maximum atomic E-state index is 11.9. The van der Waals surface area contributed by atoms with E-state index in [0.717, 1.165) is 9.35 Å². The number of aliphatic imine (C=N–C) groups is 1. The summed E-state index contributed by atoms with van der Waals surface area (Å²) in [5.74, 6) is -0.507. The first-order valence-corrected chi connectivity index (χ1v) is 8.13. The Kier molecular flexibility index (Phi) is 4.10. The Labute approximate surface area is 143 Å². The number of halogens is 1. The van der Waals surface area contributed by atoms with Crippen LogP contribution in [0.1, 0.15) is 16.0 Å². The van der Waals surface area contributed by atoms with Gasteiger partial charge in [-0.25, -0.2) is 9.79 Å². The number of hydrogen-bond acceptors (Lipinski definition) is 6. The third kappa shape index (κ3) is 3.22. The number of nitrogens with zero attached hydrogens (tertiary/aromatic N) is 2. The van der Waals surface area contributed by atoms with E-state index in [4.69, 9.17) is 4.74 Å². The number of aryl methyl sites for hydroxylation is 1. The molecule has 0 bridgehead atoms. The van der Waals surface area contributed by atoms with Gasteiger partial charge in [0, 0.05) is 31.9 Å². The van der Waals surface area contributed by atoms with Gasteiger partial charge < -0.3 is 4.74 Å². The van der Waals surface area contributed by atoms with Crippen LogP contribution in [0, 0.1) is 17.0 Å². The second-order valence-electron chi connectivity index (χ2n) is 4.76. The third-order valence-electron chi connectivity index (χ3n) is 3.14. The van der Waals surface area contributed by atoms with Crippen LogP contribution in [0.25, 0.3) is 6.08 Å². The minimum atomic E-state index is -0.576. The fraction of sp³-hybridized carbons (Fsp3) is 0.0667. The molecule has 0 unspecified atom stereocenters. The maximum absolute atomic E-state index is 11.9. The number of carbonyl (C=O) groups excluding carboxylic acids is 1. The van der Waals surface area contributed by atoms with Gasteiger partial charge in [0.05, 0.1) is 4.92 Å². The number of rotatable bonds is 3. The molecule has 1 aromatic carbocycles. The van der Waals surface area contributed by atoms with E-state index in [-0.39, 0.29) is 17.3 Å². The fourth-order valence-electron chi connectivity index (χ4n) is 2.01. The number of hydrogen-bond donors (Lipinski definition) is 0. The number of cyclic esters (lactones) is 1. The zero-order valence-corrected chi connectivity index (χ0v) is 14.2. The van der Waals surface area contributed by atoms with Crippen molar-refractivity contribution in [1.82, 2.24) is 0 Å². The predicted octanol–water partition coefficient (Wildman–Crippen LogP) is 4.07. The Morgan fingerprint density at radius 2 is 2.17 bits per heavy atom. The first-order valence-electron chi connectivity index (χ1n) is 6.46. The first-order chi connectivity index (χ1) is 10.9. The molecule has 0 spiro atoms. The summed E-state index contributed by atoms with van der Waals surface area (Å²) in [4.78, 5) is 27.4. The highest BCUT2D eigenvalue weighted by Gasteiger charge is 2.26. The van der Waals surface area contributed by atoms with E-state index in [2.05, 4.69) is 20.9 Å². The minimum absolute atomic E-state index is 0.0409. The van der Waals surface area contributed by atoms with Crippen LogP contribution in [0.5, 0.6) is 0 Å². The lowest BCUT2D eigenvalue weighted by Crippen LogP contribution is -2.06. The van der Waals surface area contributed by atoms with Gasteiger partial charge >= 0.3 is 5.97 Å². The van der Waals surface area contributed by atoms with Crippen molar-refractivity contribution in [2.45, 2.75) is 6.92 Å². The SMILES string of the molecule is Cc1ccc(C2=N/C(=C/c3cc(Br)cs3)C(=O)O2)cc1[N+](=O)[O-]. The second-order valence-corrected chi connectivity index (χ2v) is 6.62. The van der Waals surface area contributed by atoms with Gasteiger partial charge in [-0.15, -0.1) is 11.3 Å². The zero-order valence-electron chi connectivity index (χ0n) is 11.8. The molecule has 2 aromatic rings. The molecular formula is C15H9BrN2O4S. The van der Waals surface area contributed by atoms with E-state index in [1.54, 1.807) is 25.1 Å². The van der Waals surface area contributed by atoms with E-state index < -0.39 is 10.9 Å². The van der Waals surface area contributed by atoms with E-state index in [1.807, 2.05) is 11.4 Å². The average molecular weight is 393 g/mol. The highest BCUT2D eigenvalue weighted by atomic mass is 79.9. The normalized spacial score (nSPS) is 15.7. The lowest BCUT2D eigenvalue weighted by Gasteiger charge is -2.01. The standard InChI is InChI=1S/C15H9BrN2O4S/c1-8-2-3-9(4-13(8)18(20)21)14-17-12(15(19)22-14)6-11-5-10(16)7-23-11/h2-7H,1H3/b12-6+. The summed E-state index contributed by atoms with van der Waals surface area (Å²) in [5.41, 5.74) is 1.05. The van der Waals surface area contributed by atoms with Crippen LogP contribution >= 0.6 is 27.3 Å². The van der Waals surface area contributed by atoms with Crippen molar-refractivity contribution in [2.24, 2.45) is 4.99 Å². The van der Waals surface area contributed by atoms with Crippen LogP contribution in [0.2, 0.25) is 0 Å². The van der Waals surface area contributed by atoms with Crippen molar-refractivity contribution in [3.05, 3.63) is 65.9 Å². The van der Waals surface area contributed by atoms with Crippen LogP contribution in [-0.4, -0.2) is 16.8 Å². The molecule has 3 rings (SSSR count). The van der Waals surface area contributed by atoms with Crippen LogP contribution in [0.3, 0.4) is 0 Å².